The largest absolute Gasteiger partial charge is 0.462 e. The van der Waals surface area contributed by atoms with Crippen LogP contribution in [-0.2, 0) is 28.6 Å². The Hall–Kier alpha value is -3.67. The fourth-order valence-electron chi connectivity index (χ4n) is 8.86. The molecule has 1 unspecified atom stereocenters. The maximum absolute atomic E-state index is 12.9. The third-order valence-electron chi connectivity index (χ3n) is 13.6. The van der Waals surface area contributed by atoms with Gasteiger partial charge < -0.3 is 14.2 Å². The van der Waals surface area contributed by atoms with Crippen LogP contribution in [0.25, 0.3) is 0 Å². The SMILES string of the molecule is CC/C=C\C/C=C\C/C=C\C/C=C\CCCCCCC(=O)OC(COC(=O)CCCCCCCCC/C=C\C/C=C\C/C=C\CC)COC(=O)CCCCCCCCCCCCC/C=C\CCCCCCCCCC. The predicted octanol–water partition coefficient (Wildman–Crippen LogP) is 21.7. The molecule has 0 spiro atoms. The van der Waals surface area contributed by atoms with Gasteiger partial charge in [0.2, 0.25) is 0 Å². The first-order chi connectivity index (χ1) is 37.0. The van der Waals surface area contributed by atoms with E-state index in [1.807, 2.05) is 0 Å². The van der Waals surface area contributed by atoms with E-state index in [0.29, 0.717) is 19.3 Å². The molecule has 430 valence electrons. The molecule has 0 aromatic rings. The minimum atomic E-state index is -0.797. The molecule has 0 amide bonds. The number of hydrogen-bond acceptors (Lipinski definition) is 6. The van der Waals surface area contributed by atoms with Crippen molar-refractivity contribution in [3.8, 4) is 0 Å². The molecule has 0 rings (SSSR count). The molecule has 0 aliphatic heterocycles. The standard InChI is InChI=1S/C69H118O6/c1-4-7-10-13-16-19-22-25-28-31-32-33-34-35-36-39-41-44-47-50-53-56-59-62-68(71)74-65-66(75-69(72)63-60-57-54-51-48-45-42-38-30-27-24-21-18-15-12-9-6-3)64-73-67(70)61-58-55-52-49-46-43-40-37-29-26-23-20-17-14-11-8-5-2/h8-9,11-12,17-18,20-21,26-27,29-32,42,45,66H,4-7,10,13-16,19,22-25,28,33-41,43-44,46-65H2,1-3H3/b11-8-,12-9-,20-17-,21-18-,29-26-,30-27-,32-31-,45-42-. The lowest BCUT2D eigenvalue weighted by Gasteiger charge is -2.18. The van der Waals surface area contributed by atoms with Crippen LogP contribution in [0.1, 0.15) is 303 Å². The number of carbonyl (C=O) groups is 3. The van der Waals surface area contributed by atoms with Crippen molar-refractivity contribution in [1.29, 1.82) is 0 Å². The summed E-state index contributed by atoms with van der Waals surface area (Å²) in [5.41, 5.74) is 0. The van der Waals surface area contributed by atoms with Crippen LogP contribution in [0, 0.1) is 0 Å². The van der Waals surface area contributed by atoms with E-state index < -0.39 is 6.10 Å². The van der Waals surface area contributed by atoms with Gasteiger partial charge in [-0.05, 0) is 116 Å². The zero-order chi connectivity index (χ0) is 54.3. The van der Waals surface area contributed by atoms with E-state index >= 15 is 0 Å². The van der Waals surface area contributed by atoms with Gasteiger partial charge in [0.25, 0.3) is 0 Å². The van der Waals surface area contributed by atoms with E-state index in [1.165, 1.54) is 141 Å². The quantitative estimate of drug-likeness (QED) is 0.0261. The lowest BCUT2D eigenvalue weighted by molar-refractivity contribution is -0.167. The highest BCUT2D eigenvalue weighted by Crippen LogP contribution is 2.16. The number of ether oxygens (including phenoxy) is 3. The fourth-order valence-corrected chi connectivity index (χ4v) is 8.86. The summed E-state index contributed by atoms with van der Waals surface area (Å²) in [6, 6.07) is 0. The maximum Gasteiger partial charge on any atom is 0.306 e. The van der Waals surface area contributed by atoms with E-state index in [1.54, 1.807) is 0 Å². The van der Waals surface area contributed by atoms with Gasteiger partial charge >= 0.3 is 17.9 Å². The molecule has 6 heteroatoms. The highest BCUT2D eigenvalue weighted by Gasteiger charge is 2.19. The summed E-state index contributed by atoms with van der Waals surface area (Å²) in [6.45, 7) is 6.41. The van der Waals surface area contributed by atoms with Gasteiger partial charge in [-0.2, -0.15) is 0 Å². The van der Waals surface area contributed by atoms with Crippen molar-refractivity contribution in [3.63, 3.8) is 0 Å². The first-order valence-electron chi connectivity index (χ1n) is 31.7. The van der Waals surface area contributed by atoms with Crippen LogP contribution in [0.4, 0.5) is 0 Å². The van der Waals surface area contributed by atoms with Crippen LogP contribution in [-0.4, -0.2) is 37.2 Å². The molecular weight excluding hydrogens is 925 g/mol. The first-order valence-corrected chi connectivity index (χ1v) is 31.7. The van der Waals surface area contributed by atoms with Crippen molar-refractivity contribution in [3.05, 3.63) is 97.2 Å². The predicted molar refractivity (Wildman–Crippen MR) is 325 cm³/mol. The smallest absolute Gasteiger partial charge is 0.306 e. The van der Waals surface area contributed by atoms with Gasteiger partial charge in [0.15, 0.2) is 6.10 Å². The minimum Gasteiger partial charge on any atom is -0.462 e. The molecule has 0 N–H and O–H groups in total. The molecule has 75 heavy (non-hydrogen) atoms. The highest BCUT2D eigenvalue weighted by molar-refractivity contribution is 5.71. The summed E-state index contributed by atoms with van der Waals surface area (Å²) < 4.78 is 16.9. The van der Waals surface area contributed by atoms with Crippen LogP contribution >= 0.6 is 0 Å². The molecule has 0 saturated heterocycles. The number of allylic oxidation sites excluding steroid dienone is 16. The summed E-state index contributed by atoms with van der Waals surface area (Å²) in [4.78, 5) is 38.3. The van der Waals surface area contributed by atoms with E-state index in [2.05, 4.69) is 118 Å². The van der Waals surface area contributed by atoms with Gasteiger partial charge in [-0.25, -0.2) is 0 Å². The molecule has 0 aliphatic carbocycles. The maximum atomic E-state index is 12.9. The van der Waals surface area contributed by atoms with Gasteiger partial charge in [0, 0.05) is 19.3 Å². The van der Waals surface area contributed by atoms with E-state index in [-0.39, 0.29) is 31.1 Å². The Kier molecular flexibility index (Phi) is 59.8. The average molecular weight is 1040 g/mol. The Morgan fingerprint density at radius 2 is 0.520 bits per heavy atom. The Labute approximate surface area is 464 Å². The van der Waals surface area contributed by atoms with Crippen LogP contribution in [0.3, 0.4) is 0 Å². The monoisotopic (exact) mass is 1040 g/mol. The van der Waals surface area contributed by atoms with Crippen molar-refractivity contribution in [2.24, 2.45) is 0 Å². The van der Waals surface area contributed by atoms with E-state index in [4.69, 9.17) is 14.2 Å². The van der Waals surface area contributed by atoms with Gasteiger partial charge in [-0.15, -0.1) is 0 Å². The molecular formula is C69H118O6. The van der Waals surface area contributed by atoms with Gasteiger partial charge in [0.1, 0.15) is 13.2 Å². The Morgan fingerprint density at radius 1 is 0.280 bits per heavy atom. The molecule has 0 aliphatic rings. The van der Waals surface area contributed by atoms with Crippen molar-refractivity contribution in [1.82, 2.24) is 0 Å². The molecule has 0 bridgehead atoms. The van der Waals surface area contributed by atoms with Crippen LogP contribution in [0.2, 0.25) is 0 Å². The topological polar surface area (TPSA) is 78.9 Å². The normalized spacial score (nSPS) is 12.7. The number of unbranched alkanes of at least 4 members (excludes halogenated alkanes) is 30. The average Bonchev–Trinajstić information content (AvgIpc) is 3.41. The number of rotatable bonds is 57. The molecule has 0 saturated carbocycles. The van der Waals surface area contributed by atoms with Gasteiger partial charge in [-0.1, -0.05) is 266 Å². The van der Waals surface area contributed by atoms with Crippen molar-refractivity contribution >= 4 is 17.9 Å². The summed E-state index contributed by atoms with van der Waals surface area (Å²) in [7, 11) is 0. The molecule has 1 atom stereocenters. The fraction of sp³-hybridized carbons (Fsp3) is 0.725. The highest BCUT2D eigenvalue weighted by atomic mass is 16.6. The zero-order valence-corrected chi connectivity index (χ0v) is 49.3. The Morgan fingerprint density at radius 3 is 0.827 bits per heavy atom. The lowest BCUT2D eigenvalue weighted by atomic mass is 10.0. The van der Waals surface area contributed by atoms with Crippen LogP contribution in [0.15, 0.2) is 97.2 Å². The second-order valence-electron chi connectivity index (χ2n) is 20.9. The summed E-state index contributed by atoms with van der Waals surface area (Å²) in [5.74, 6) is -0.917. The molecule has 0 radical (unpaired) electrons. The van der Waals surface area contributed by atoms with Crippen molar-refractivity contribution < 1.29 is 28.6 Å². The number of hydrogen-bond donors (Lipinski definition) is 0. The lowest BCUT2D eigenvalue weighted by Crippen LogP contribution is -2.30. The van der Waals surface area contributed by atoms with E-state index in [9.17, 15) is 14.4 Å². The summed E-state index contributed by atoms with van der Waals surface area (Å²) in [5, 5.41) is 0. The molecule has 0 aromatic heterocycles. The Balaban J connectivity index is 4.39. The van der Waals surface area contributed by atoms with Crippen LogP contribution < -0.4 is 0 Å². The van der Waals surface area contributed by atoms with Crippen molar-refractivity contribution in [2.75, 3.05) is 13.2 Å². The first kappa shape index (κ1) is 71.3. The second-order valence-corrected chi connectivity index (χ2v) is 20.9. The third kappa shape index (κ3) is 61.1. The van der Waals surface area contributed by atoms with Crippen LogP contribution in [0.5, 0.6) is 0 Å². The molecule has 0 aromatic carbocycles. The second kappa shape index (κ2) is 62.9. The third-order valence-corrected chi connectivity index (χ3v) is 13.6. The minimum absolute atomic E-state index is 0.0907. The van der Waals surface area contributed by atoms with Gasteiger partial charge in [0.05, 0.1) is 0 Å². The van der Waals surface area contributed by atoms with Crippen molar-refractivity contribution in [2.45, 2.75) is 309 Å². The van der Waals surface area contributed by atoms with E-state index in [0.717, 1.165) is 122 Å². The molecule has 0 fully saturated rings. The Bertz CT molecular complexity index is 1480. The summed E-state index contributed by atoms with van der Waals surface area (Å²) >= 11 is 0. The zero-order valence-electron chi connectivity index (χ0n) is 49.3. The number of esters is 3. The summed E-state index contributed by atoms with van der Waals surface area (Å²) in [6.07, 6.45) is 84.1. The molecule has 6 nitrogen and oxygen atoms in total. The molecule has 0 heterocycles. The van der Waals surface area contributed by atoms with Gasteiger partial charge in [-0.3, -0.25) is 14.4 Å². The number of carbonyl (C=O) groups excluding carboxylic acids is 3.